The van der Waals surface area contributed by atoms with E-state index in [0.717, 1.165) is 6.54 Å². The first-order chi connectivity index (χ1) is 8.04. The Bertz CT molecular complexity index is 404. The molecule has 18 heavy (non-hydrogen) atoms. The molecule has 6 heteroatoms. The third-order valence-electron chi connectivity index (χ3n) is 2.30. The van der Waals surface area contributed by atoms with Crippen LogP contribution in [0.4, 0.5) is 4.39 Å². The van der Waals surface area contributed by atoms with Gasteiger partial charge in [0.05, 0.1) is 0 Å². The molecular weight excluding hydrogens is 370 g/mol. The van der Waals surface area contributed by atoms with Gasteiger partial charge in [-0.05, 0) is 54.3 Å². The summed E-state index contributed by atoms with van der Waals surface area (Å²) in [6.07, 6.45) is 0. The number of rotatable bonds is 5. The quantitative estimate of drug-likeness (QED) is 0.764. The molecule has 0 bridgehead atoms. The van der Waals surface area contributed by atoms with E-state index in [1.165, 1.54) is 6.07 Å². The largest absolute Gasteiger partial charge is 0.350 e. The van der Waals surface area contributed by atoms with E-state index in [-0.39, 0.29) is 30.2 Å². The zero-order chi connectivity index (χ0) is 12.8. The molecule has 0 heterocycles. The SMILES string of the molecule is CCN[C@H](C)CNC(=O)c1ccc(I)c(F)c1.Cl. The zero-order valence-corrected chi connectivity index (χ0v) is 13.3. The average Bonchev–Trinajstić information content (AvgIpc) is 2.30. The van der Waals surface area contributed by atoms with Crippen molar-refractivity contribution >= 4 is 40.9 Å². The first-order valence-electron chi connectivity index (χ1n) is 5.51. The van der Waals surface area contributed by atoms with Crippen LogP contribution in [0.1, 0.15) is 24.2 Å². The van der Waals surface area contributed by atoms with Crippen molar-refractivity contribution in [2.24, 2.45) is 0 Å². The Labute approximate surface area is 126 Å². The minimum atomic E-state index is -0.363. The summed E-state index contributed by atoms with van der Waals surface area (Å²) in [5.74, 6) is -0.608. The monoisotopic (exact) mass is 386 g/mol. The number of carbonyl (C=O) groups excluding carboxylic acids is 1. The summed E-state index contributed by atoms with van der Waals surface area (Å²) in [7, 11) is 0. The van der Waals surface area contributed by atoms with Gasteiger partial charge in [-0.2, -0.15) is 0 Å². The van der Waals surface area contributed by atoms with Crippen LogP contribution in [0.15, 0.2) is 18.2 Å². The maximum Gasteiger partial charge on any atom is 0.251 e. The number of likely N-dealkylation sites (N-methyl/N-ethyl adjacent to an activating group) is 1. The van der Waals surface area contributed by atoms with Crippen molar-refractivity contribution in [2.75, 3.05) is 13.1 Å². The number of carbonyl (C=O) groups is 1. The van der Waals surface area contributed by atoms with Crippen LogP contribution >= 0.6 is 35.0 Å². The molecular formula is C12H17ClFIN2O. The van der Waals surface area contributed by atoms with Gasteiger partial charge in [0.25, 0.3) is 5.91 Å². The molecule has 0 unspecified atom stereocenters. The van der Waals surface area contributed by atoms with Gasteiger partial charge in [0, 0.05) is 21.7 Å². The Kier molecular flexibility index (Phi) is 8.47. The van der Waals surface area contributed by atoms with Crippen LogP contribution in [-0.2, 0) is 0 Å². The highest BCUT2D eigenvalue weighted by atomic mass is 127. The molecule has 0 aliphatic rings. The van der Waals surface area contributed by atoms with E-state index in [0.29, 0.717) is 15.7 Å². The first kappa shape index (κ1) is 17.6. The van der Waals surface area contributed by atoms with E-state index >= 15 is 0 Å². The lowest BCUT2D eigenvalue weighted by molar-refractivity contribution is 0.0949. The molecule has 2 N–H and O–H groups in total. The van der Waals surface area contributed by atoms with Gasteiger partial charge in [0.1, 0.15) is 5.82 Å². The van der Waals surface area contributed by atoms with Crippen molar-refractivity contribution in [3.8, 4) is 0 Å². The Hall–Kier alpha value is -0.400. The lowest BCUT2D eigenvalue weighted by Gasteiger charge is -2.13. The highest BCUT2D eigenvalue weighted by molar-refractivity contribution is 14.1. The van der Waals surface area contributed by atoms with Crippen molar-refractivity contribution in [3.05, 3.63) is 33.1 Å². The third-order valence-corrected chi connectivity index (χ3v) is 3.18. The summed E-state index contributed by atoms with van der Waals surface area (Å²) in [5.41, 5.74) is 0.353. The van der Waals surface area contributed by atoms with Gasteiger partial charge >= 0.3 is 0 Å². The van der Waals surface area contributed by atoms with Gasteiger partial charge in [-0.1, -0.05) is 6.92 Å². The van der Waals surface area contributed by atoms with Crippen LogP contribution in [0.2, 0.25) is 0 Å². The number of nitrogens with one attached hydrogen (secondary N) is 2. The number of amides is 1. The number of hydrogen-bond acceptors (Lipinski definition) is 2. The molecule has 0 aromatic heterocycles. The molecule has 0 radical (unpaired) electrons. The summed E-state index contributed by atoms with van der Waals surface area (Å²) in [6, 6.07) is 4.68. The second-order valence-corrected chi connectivity index (χ2v) is 4.96. The standard InChI is InChI=1S/C12H16FIN2O.ClH/c1-3-15-8(2)7-16-12(17)9-4-5-11(14)10(13)6-9;/h4-6,8,15H,3,7H2,1-2H3,(H,16,17);1H/t8-;/m1./s1. The van der Waals surface area contributed by atoms with Gasteiger partial charge in [0.2, 0.25) is 0 Å². The maximum absolute atomic E-state index is 13.3. The molecule has 1 aromatic carbocycles. The normalized spacial score (nSPS) is 11.6. The minimum absolute atomic E-state index is 0. The second-order valence-electron chi connectivity index (χ2n) is 3.80. The van der Waals surface area contributed by atoms with Crippen LogP contribution in [0.3, 0.4) is 0 Å². The fourth-order valence-electron chi connectivity index (χ4n) is 1.41. The topological polar surface area (TPSA) is 41.1 Å². The van der Waals surface area contributed by atoms with E-state index in [1.807, 2.05) is 36.4 Å². The molecule has 102 valence electrons. The molecule has 0 aliphatic heterocycles. The van der Waals surface area contributed by atoms with Crippen LogP contribution in [-0.4, -0.2) is 25.0 Å². The molecule has 0 saturated heterocycles. The fourth-order valence-corrected chi connectivity index (χ4v) is 1.74. The molecule has 1 atom stereocenters. The van der Waals surface area contributed by atoms with Gasteiger partial charge in [-0.25, -0.2) is 4.39 Å². The van der Waals surface area contributed by atoms with Crippen molar-refractivity contribution in [1.82, 2.24) is 10.6 Å². The van der Waals surface area contributed by atoms with Gasteiger partial charge < -0.3 is 10.6 Å². The molecule has 0 aliphatic carbocycles. The molecule has 1 amide bonds. The number of benzene rings is 1. The lowest BCUT2D eigenvalue weighted by Crippen LogP contribution is -2.38. The van der Waals surface area contributed by atoms with E-state index in [4.69, 9.17) is 0 Å². The maximum atomic E-state index is 13.3. The Balaban J connectivity index is 0.00000289. The Morgan fingerprint density at radius 3 is 2.72 bits per heavy atom. The van der Waals surface area contributed by atoms with Crippen LogP contribution in [0.5, 0.6) is 0 Å². The lowest BCUT2D eigenvalue weighted by atomic mass is 10.2. The predicted octanol–water partition coefficient (Wildman–Crippen LogP) is 2.58. The molecule has 0 spiro atoms. The van der Waals surface area contributed by atoms with Gasteiger partial charge in [0.15, 0.2) is 0 Å². The van der Waals surface area contributed by atoms with E-state index in [9.17, 15) is 9.18 Å². The number of hydrogen-bond donors (Lipinski definition) is 2. The Morgan fingerprint density at radius 2 is 2.17 bits per heavy atom. The van der Waals surface area contributed by atoms with E-state index in [2.05, 4.69) is 10.6 Å². The van der Waals surface area contributed by atoms with Crippen molar-refractivity contribution in [1.29, 1.82) is 0 Å². The van der Waals surface area contributed by atoms with Crippen LogP contribution in [0, 0.1) is 9.39 Å². The smallest absolute Gasteiger partial charge is 0.251 e. The summed E-state index contributed by atoms with van der Waals surface area (Å²) in [5, 5.41) is 5.94. The van der Waals surface area contributed by atoms with Crippen LogP contribution < -0.4 is 10.6 Å². The van der Waals surface area contributed by atoms with Crippen molar-refractivity contribution in [2.45, 2.75) is 19.9 Å². The summed E-state index contributed by atoms with van der Waals surface area (Å²) in [4.78, 5) is 11.7. The second kappa shape index (κ2) is 8.66. The predicted molar refractivity (Wildman–Crippen MR) is 81.8 cm³/mol. The summed E-state index contributed by atoms with van der Waals surface area (Å²) in [6.45, 7) is 5.38. The molecule has 0 fully saturated rings. The minimum Gasteiger partial charge on any atom is -0.350 e. The van der Waals surface area contributed by atoms with Gasteiger partial charge in [-0.15, -0.1) is 12.4 Å². The average molecular weight is 387 g/mol. The highest BCUT2D eigenvalue weighted by Crippen LogP contribution is 2.12. The van der Waals surface area contributed by atoms with E-state index < -0.39 is 0 Å². The Morgan fingerprint density at radius 1 is 1.50 bits per heavy atom. The fraction of sp³-hybridized carbons (Fsp3) is 0.417. The van der Waals surface area contributed by atoms with Crippen molar-refractivity contribution < 1.29 is 9.18 Å². The van der Waals surface area contributed by atoms with Crippen molar-refractivity contribution in [3.63, 3.8) is 0 Å². The third kappa shape index (κ3) is 5.49. The first-order valence-corrected chi connectivity index (χ1v) is 6.59. The van der Waals surface area contributed by atoms with Gasteiger partial charge in [-0.3, -0.25) is 4.79 Å². The highest BCUT2D eigenvalue weighted by Gasteiger charge is 2.09. The molecule has 0 saturated carbocycles. The van der Waals surface area contributed by atoms with E-state index in [1.54, 1.807) is 12.1 Å². The van der Waals surface area contributed by atoms with Crippen LogP contribution in [0.25, 0.3) is 0 Å². The zero-order valence-electron chi connectivity index (χ0n) is 10.3. The molecule has 3 nitrogen and oxygen atoms in total. The summed E-state index contributed by atoms with van der Waals surface area (Å²) >= 11 is 1.89. The molecule has 1 aromatic rings. The summed E-state index contributed by atoms with van der Waals surface area (Å²) < 4.78 is 13.8. The molecule has 1 rings (SSSR count). The number of halogens is 3.